The summed E-state index contributed by atoms with van der Waals surface area (Å²) in [5, 5.41) is 1.07. The number of para-hydroxylation sites is 1. The minimum Gasteiger partial charge on any atom is -0.324 e. The van der Waals surface area contributed by atoms with E-state index in [-0.39, 0.29) is 0 Å². The van der Waals surface area contributed by atoms with E-state index >= 15 is 0 Å². The minimum atomic E-state index is 0.373. The van der Waals surface area contributed by atoms with Gasteiger partial charge in [-0.05, 0) is 28.9 Å². The second kappa shape index (κ2) is 3.63. The minimum absolute atomic E-state index is 0.373. The van der Waals surface area contributed by atoms with Gasteiger partial charge in [-0.2, -0.15) is 0 Å². The maximum Gasteiger partial charge on any atom is 0.142 e. The van der Waals surface area contributed by atoms with Crippen LogP contribution in [0.15, 0.2) is 22.7 Å². The molecule has 2 aromatic rings. The lowest BCUT2D eigenvalue weighted by Gasteiger charge is -2.04. The van der Waals surface area contributed by atoms with E-state index in [0.29, 0.717) is 12.4 Å². The summed E-state index contributed by atoms with van der Waals surface area (Å²) in [4.78, 5) is 8.68. The van der Waals surface area contributed by atoms with Gasteiger partial charge in [-0.3, -0.25) is 0 Å². The molecule has 0 radical (unpaired) electrons. The lowest BCUT2D eigenvalue weighted by Crippen LogP contribution is -2.04. The molecule has 0 aliphatic carbocycles. The van der Waals surface area contributed by atoms with Gasteiger partial charge in [0.2, 0.25) is 0 Å². The quantitative estimate of drug-likeness (QED) is 0.846. The molecular formula is C10H10BrN3. The molecular weight excluding hydrogens is 242 g/mol. The summed E-state index contributed by atoms with van der Waals surface area (Å²) in [6, 6.07) is 5.95. The lowest BCUT2D eigenvalue weighted by molar-refractivity contribution is 0.910. The number of nitrogens with zero attached hydrogens (tertiary/aromatic N) is 2. The van der Waals surface area contributed by atoms with E-state index in [1.54, 1.807) is 0 Å². The fourth-order valence-corrected chi connectivity index (χ4v) is 1.87. The molecule has 0 atom stereocenters. The maximum atomic E-state index is 5.52. The van der Waals surface area contributed by atoms with Gasteiger partial charge in [-0.15, -0.1) is 0 Å². The van der Waals surface area contributed by atoms with Crippen molar-refractivity contribution in [3.05, 3.63) is 34.2 Å². The van der Waals surface area contributed by atoms with Crippen molar-refractivity contribution in [2.75, 3.05) is 0 Å². The van der Waals surface area contributed by atoms with Crippen LogP contribution in [0.3, 0.4) is 0 Å². The second-order valence-electron chi connectivity index (χ2n) is 3.07. The van der Waals surface area contributed by atoms with E-state index in [1.807, 2.05) is 25.1 Å². The van der Waals surface area contributed by atoms with Crippen LogP contribution in [0.25, 0.3) is 10.9 Å². The zero-order valence-corrected chi connectivity index (χ0v) is 9.37. The number of hydrogen-bond donors (Lipinski definition) is 1. The van der Waals surface area contributed by atoms with Gasteiger partial charge in [0, 0.05) is 15.6 Å². The Balaban J connectivity index is 2.83. The molecule has 1 aromatic heterocycles. The number of nitrogens with two attached hydrogens (primary N) is 1. The Labute approximate surface area is 90.5 Å². The first-order valence-electron chi connectivity index (χ1n) is 4.34. The van der Waals surface area contributed by atoms with Crippen LogP contribution >= 0.6 is 15.9 Å². The van der Waals surface area contributed by atoms with Crippen molar-refractivity contribution in [2.45, 2.75) is 13.5 Å². The molecule has 0 unspecified atom stereocenters. The normalized spacial score (nSPS) is 10.8. The number of aryl methyl sites for hydroxylation is 1. The molecule has 1 heterocycles. The SMILES string of the molecule is Cc1nc(CN)nc2c(Br)cccc12. The first kappa shape index (κ1) is 9.55. The molecule has 0 saturated heterocycles. The molecule has 0 saturated carbocycles. The predicted molar refractivity (Wildman–Crippen MR) is 59.9 cm³/mol. The van der Waals surface area contributed by atoms with Gasteiger partial charge < -0.3 is 5.73 Å². The predicted octanol–water partition coefficient (Wildman–Crippen LogP) is 2.16. The third kappa shape index (κ3) is 1.51. The summed E-state index contributed by atoms with van der Waals surface area (Å²) in [6.07, 6.45) is 0. The van der Waals surface area contributed by atoms with Crippen molar-refractivity contribution < 1.29 is 0 Å². The van der Waals surface area contributed by atoms with Crippen LogP contribution in [0.5, 0.6) is 0 Å². The summed E-state index contributed by atoms with van der Waals surface area (Å²) >= 11 is 3.46. The van der Waals surface area contributed by atoms with Crippen LogP contribution in [0.4, 0.5) is 0 Å². The van der Waals surface area contributed by atoms with Crippen LogP contribution < -0.4 is 5.73 Å². The van der Waals surface area contributed by atoms with E-state index in [9.17, 15) is 0 Å². The number of rotatable bonds is 1. The highest BCUT2D eigenvalue weighted by Gasteiger charge is 2.05. The van der Waals surface area contributed by atoms with Gasteiger partial charge >= 0.3 is 0 Å². The van der Waals surface area contributed by atoms with Crippen LogP contribution in [0.1, 0.15) is 11.5 Å². The topological polar surface area (TPSA) is 51.8 Å². The molecule has 2 rings (SSSR count). The summed E-state index contributed by atoms with van der Waals surface area (Å²) in [5.74, 6) is 0.682. The molecule has 0 bridgehead atoms. The molecule has 72 valence electrons. The van der Waals surface area contributed by atoms with Gasteiger partial charge in [-0.1, -0.05) is 12.1 Å². The monoisotopic (exact) mass is 251 g/mol. The van der Waals surface area contributed by atoms with E-state index < -0.39 is 0 Å². The largest absolute Gasteiger partial charge is 0.324 e. The van der Waals surface area contributed by atoms with Gasteiger partial charge in [0.05, 0.1) is 12.1 Å². The average molecular weight is 252 g/mol. The van der Waals surface area contributed by atoms with Crippen molar-refractivity contribution in [3.8, 4) is 0 Å². The fourth-order valence-electron chi connectivity index (χ4n) is 1.42. The van der Waals surface area contributed by atoms with E-state index in [1.165, 1.54) is 0 Å². The third-order valence-corrected chi connectivity index (χ3v) is 2.74. The van der Waals surface area contributed by atoms with Crippen molar-refractivity contribution in [1.29, 1.82) is 0 Å². The highest BCUT2D eigenvalue weighted by atomic mass is 79.9. The third-order valence-electron chi connectivity index (χ3n) is 2.10. The Kier molecular flexibility index (Phi) is 2.48. The summed E-state index contributed by atoms with van der Waals surface area (Å²) in [5.41, 5.74) is 7.42. The smallest absolute Gasteiger partial charge is 0.142 e. The summed E-state index contributed by atoms with van der Waals surface area (Å²) in [6.45, 7) is 2.34. The van der Waals surface area contributed by atoms with Crippen molar-refractivity contribution in [3.63, 3.8) is 0 Å². The van der Waals surface area contributed by atoms with Crippen molar-refractivity contribution >= 4 is 26.8 Å². The van der Waals surface area contributed by atoms with Crippen LogP contribution in [-0.4, -0.2) is 9.97 Å². The number of fused-ring (bicyclic) bond motifs is 1. The number of hydrogen-bond acceptors (Lipinski definition) is 3. The molecule has 3 nitrogen and oxygen atoms in total. The van der Waals surface area contributed by atoms with E-state index in [2.05, 4.69) is 25.9 Å². The zero-order chi connectivity index (χ0) is 10.1. The first-order valence-corrected chi connectivity index (χ1v) is 5.13. The van der Waals surface area contributed by atoms with Crippen LogP contribution in [0, 0.1) is 6.92 Å². The fraction of sp³-hybridized carbons (Fsp3) is 0.200. The summed E-state index contributed by atoms with van der Waals surface area (Å²) in [7, 11) is 0. The molecule has 0 aliphatic rings. The Morgan fingerprint density at radius 1 is 1.36 bits per heavy atom. The molecule has 2 N–H and O–H groups in total. The maximum absolute atomic E-state index is 5.52. The molecule has 0 amide bonds. The standard InChI is InChI=1S/C10H10BrN3/c1-6-7-3-2-4-8(11)10(7)14-9(5-12)13-6/h2-4H,5,12H2,1H3. The van der Waals surface area contributed by atoms with Crippen LogP contribution in [0.2, 0.25) is 0 Å². The van der Waals surface area contributed by atoms with Crippen molar-refractivity contribution in [2.24, 2.45) is 5.73 Å². The Hall–Kier alpha value is -1.00. The molecule has 4 heteroatoms. The van der Waals surface area contributed by atoms with Gasteiger partial charge in [0.1, 0.15) is 5.82 Å². The molecule has 0 aliphatic heterocycles. The number of aromatic nitrogens is 2. The lowest BCUT2D eigenvalue weighted by atomic mass is 10.2. The Morgan fingerprint density at radius 2 is 2.14 bits per heavy atom. The van der Waals surface area contributed by atoms with Crippen LogP contribution in [-0.2, 0) is 6.54 Å². The summed E-state index contributed by atoms with van der Waals surface area (Å²) < 4.78 is 0.982. The Bertz CT molecular complexity index is 482. The highest BCUT2D eigenvalue weighted by molar-refractivity contribution is 9.10. The van der Waals surface area contributed by atoms with Gasteiger partial charge in [0.15, 0.2) is 0 Å². The Morgan fingerprint density at radius 3 is 2.86 bits per heavy atom. The van der Waals surface area contributed by atoms with Crippen molar-refractivity contribution in [1.82, 2.24) is 9.97 Å². The molecule has 1 aromatic carbocycles. The molecule has 14 heavy (non-hydrogen) atoms. The highest BCUT2D eigenvalue weighted by Crippen LogP contribution is 2.23. The first-order chi connectivity index (χ1) is 6.72. The number of benzene rings is 1. The molecule has 0 spiro atoms. The van der Waals surface area contributed by atoms with E-state index in [4.69, 9.17) is 5.73 Å². The van der Waals surface area contributed by atoms with Gasteiger partial charge in [-0.25, -0.2) is 9.97 Å². The molecule has 0 fully saturated rings. The second-order valence-corrected chi connectivity index (χ2v) is 3.92. The average Bonchev–Trinajstić information content (AvgIpc) is 2.19. The zero-order valence-electron chi connectivity index (χ0n) is 7.79. The van der Waals surface area contributed by atoms with E-state index in [0.717, 1.165) is 21.1 Å². The number of halogens is 1. The van der Waals surface area contributed by atoms with Gasteiger partial charge in [0.25, 0.3) is 0 Å².